The molecule has 3 N–H and O–H groups in total. The van der Waals surface area contributed by atoms with E-state index in [4.69, 9.17) is 24.9 Å². The van der Waals surface area contributed by atoms with Crippen molar-refractivity contribution in [3.05, 3.63) is 0 Å². The molecule has 5 atom stereocenters. The Bertz CT molecular complexity index is 543. The lowest BCUT2D eigenvalue weighted by Crippen LogP contribution is -2.65. The Morgan fingerprint density at radius 3 is 2.27 bits per heavy atom. The van der Waals surface area contributed by atoms with Gasteiger partial charge < -0.3 is 20.1 Å². The monoisotopic (exact) mass is 379 g/mol. The second-order valence-corrected chi connectivity index (χ2v) is 8.93. The Kier molecular flexibility index (Phi) is 5.77. The van der Waals surface area contributed by atoms with Crippen molar-refractivity contribution in [2.24, 2.45) is 28.9 Å². The van der Waals surface area contributed by atoms with Crippen LogP contribution in [0.15, 0.2) is 0 Å². The summed E-state index contributed by atoms with van der Waals surface area (Å²) in [4.78, 5) is 8.90. The molecule has 1 heterocycles. The molecule has 150 valence electrons. The van der Waals surface area contributed by atoms with Gasteiger partial charge in [-0.1, -0.05) is 27.7 Å². The number of aliphatic carboxylic acids is 1. The fourth-order valence-electron chi connectivity index (χ4n) is 4.74. The molecule has 1 saturated heterocycles. The minimum Gasteiger partial charge on any atom is -0.475 e. The molecule has 4 aliphatic rings. The minimum absolute atomic E-state index is 0.00253. The van der Waals surface area contributed by atoms with Crippen LogP contribution in [0.4, 0.5) is 13.2 Å². The van der Waals surface area contributed by atoms with E-state index in [9.17, 15) is 13.2 Å². The zero-order valence-corrected chi connectivity index (χ0v) is 16.0. The molecule has 4 rings (SSSR count). The second kappa shape index (κ2) is 6.98. The Morgan fingerprint density at radius 2 is 1.85 bits per heavy atom. The quantitative estimate of drug-likeness (QED) is 0.736. The van der Waals surface area contributed by atoms with Gasteiger partial charge in [-0.25, -0.2) is 4.79 Å². The molecule has 3 aliphatic carbocycles. The highest BCUT2D eigenvalue weighted by atomic mass is 19.4. The van der Waals surface area contributed by atoms with Crippen molar-refractivity contribution < 1.29 is 32.4 Å². The van der Waals surface area contributed by atoms with Crippen molar-refractivity contribution in [1.29, 1.82) is 0 Å². The van der Waals surface area contributed by atoms with Crippen LogP contribution in [0.1, 0.15) is 53.9 Å². The number of hydrogen-bond donors (Lipinski definition) is 2. The van der Waals surface area contributed by atoms with Crippen LogP contribution >= 0.6 is 0 Å². The van der Waals surface area contributed by atoms with Crippen molar-refractivity contribution in [3.8, 4) is 0 Å². The first-order valence-electron chi connectivity index (χ1n) is 9.08. The fourth-order valence-corrected chi connectivity index (χ4v) is 4.74. The molecule has 9 heteroatoms. The summed E-state index contributed by atoms with van der Waals surface area (Å²) >= 11 is 0. The van der Waals surface area contributed by atoms with Gasteiger partial charge in [0.15, 0.2) is 0 Å². The molecule has 0 aromatic carbocycles. The lowest BCUT2D eigenvalue weighted by Gasteiger charge is -2.64. The Hall–Kier alpha value is -0.795. The van der Waals surface area contributed by atoms with Crippen molar-refractivity contribution in [2.75, 3.05) is 0 Å². The number of carbonyl (C=O) groups is 1. The third kappa shape index (κ3) is 3.89. The molecule has 3 saturated carbocycles. The van der Waals surface area contributed by atoms with Gasteiger partial charge in [-0.3, -0.25) is 0 Å². The van der Waals surface area contributed by atoms with Gasteiger partial charge in [-0.2, -0.15) is 13.2 Å². The second-order valence-electron chi connectivity index (χ2n) is 8.93. The molecular weight excluding hydrogens is 350 g/mol. The smallest absolute Gasteiger partial charge is 0.475 e. The van der Waals surface area contributed by atoms with Crippen molar-refractivity contribution >= 4 is 13.1 Å². The summed E-state index contributed by atoms with van der Waals surface area (Å²) in [6, 6.07) is 0. The Labute approximate surface area is 152 Å². The van der Waals surface area contributed by atoms with Gasteiger partial charge in [0.2, 0.25) is 0 Å². The lowest BCUT2D eigenvalue weighted by atomic mass is 9.43. The van der Waals surface area contributed by atoms with Gasteiger partial charge in [0.1, 0.15) is 0 Å². The van der Waals surface area contributed by atoms with E-state index in [-0.39, 0.29) is 24.8 Å². The highest BCUT2D eigenvalue weighted by molar-refractivity contribution is 6.47. The molecule has 1 aliphatic heterocycles. The van der Waals surface area contributed by atoms with E-state index in [0.717, 1.165) is 18.8 Å². The number of carboxylic acid groups (broad SMARTS) is 1. The van der Waals surface area contributed by atoms with Gasteiger partial charge >= 0.3 is 19.3 Å². The topological polar surface area (TPSA) is 81.8 Å². The molecule has 2 bridgehead atoms. The standard InChI is InChI=1S/C15H28BNO2.C2HF3O2/c1-9(2)6-13(17)16-18-12-8-10-7-11(14(10,3)4)15(12,5)19-16;3-2(4,5)1(6)7/h9-13H,6-8,17H2,1-5H3;(H,6,7)/t10-,11-,12-,13?,15-;/m0./s1. The largest absolute Gasteiger partial charge is 0.490 e. The highest BCUT2D eigenvalue weighted by Gasteiger charge is 2.68. The van der Waals surface area contributed by atoms with Gasteiger partial charge in [0, 0.05) is 5.94 Å². The van der Waals surface area contributed by atoms with Crippen LogP contribution in [-0.4, -0.2) is 42.0 Å². The number of hydrogen-bond acceptors (Lipinski definition) is 4. The maximum absolute atomic E-state index is 10.6. The van der Waals surface area contributed by atoms with Gasteiger partial charge in [0.05, 0.1) is 11.7 Å². The molecule has 0 aromatic rings. The first-order chi connectivity index (χ1) is 11.7. The van der Waals surface area contributed by atoms with Crippen LogP contribution in [0, 0.1) is 23.2 Å². The molecule has 0 amide bonds. The van der Waals surface area contributed by atoms with Crippen molar-refractivity contribution in [1.82, 2.24) is 0 Å². The van der Waals surface area contributed by atoms with E-state index in [1.165, 1.54) is 6.42 Å². The molecule has 0 radical (unpaired) electrons. The highest BCUT2D eigenvalue weighted by Crippen LogP contribution is 2.65. The van der Waals surface area contributed by atoms with Crippen LogP contribution in [0.5, 0.6) is 0 Å². The minimum atomic E-state index is -5.08. The Morgan fingerprint density at radius 1 is 1.31 bits per heavy atom. The lowest BCUT2D eigenvalue weighted by molar-refractivity contribution is -0.199. The van der Waals surface area contributed by atoms with Crippen molar-refractivity contribution in [2.45, 2.75) is 77.7 Å². The summed E-state index contributed by atoms with van der Waals surface area (Å²) in [5, 5.41) is 7.12. The average Bonchev–Trinajstić information content (AvgIpc) is 2.83. The summed E-state index contributed by atoms with van der Waals surface area (Å²) < 4.78 is 44.3. The predicted molar refractivity (Wildman–Crippen MR) is 91.2 cm³/mol. The van der Waals surface area contributed by atoms with Crippen LogP contribution in [0.2, 0.25) is 0 Å². The number of halogens is 3. The van der Waals surface area contributed by atoms with Gasteiger partial charge in [-0.15, -0.1) is 0 Å². The van der Waals surface area contributed by atoms with E-state index < -0.39 is 12.1 Å². The third-order valence-electron chi connectivity index (χ3n) is 6.30. The molecule has 4 fully saturated rings. The SMILES string of the molecule is CC(C)CC(N)B1O[C@H]2C[C@@H]3C[C@@H](C3(C)C)[C@]2(C)O1.O=C(O)C(F)(F)F. The van der Waals surface area contributed by atoms with E-state index >= 15 is 0 Å². The van der Waals surface area contributed by atoms with E-state index in [1.807, 2.05) is 0 Å². The maximum Gasteiger partial charge on any atom is 0.490 e. The number of alkyl halides is 3. The molecule has 5 nitrogen and oxygen atoms in total. The Balaban J connectivity index is 0.000000298. The average molecular weight is 379 g/mol. The summed E-state index contributed by atoms with van der Waals surface area (Å²) in [5.74, 6) is -0.739. The molecule has 0 spiro atoms. The zero-order valence-electron chi connectivity index (χ0n) is 16.0. The first-order valence-corrected chi connectivity index (χ1v) is 9.08. The van der Waals surface area contributed by atoms with E-state index in [2.05, 4.69) is 34.6 Å². The molecule has 0 aromatic heterocycles. The molecular formula is C17H29BF3NO4. The van der Waals surface area contributed by atoms with Crippen molar-refractivity contribution in [3.63, 3.8) is 0 Å². The van der Waals surface area contributed by atoms with Crippen LogP contribution in [-0.2, 0) is 14.1 Å². The summed E-state index contributed by atoms with van der Waals surface area (Å²) in [5.41, 5.74) is 6.56. The first kappa shape index (κ1) is 21.5. The van der Waals surface area contributed by atoms with E-state index in [0.29, 0.717) is 17.3 Å². The summed E-state index contributed by atoms with van der Waals surface area (Å²) in [7, 11) is -0.201. The third-order valence-corrected chi connectivity index (χ3v) is 6.30. The number of rotatable bonds is 3. The number of carboxylic acids is 1. The number of nitrogens with two attached hydrogens (primary N) is 1. The molecule has 26 heavy (non-hydrogen) atoms. The maximum atomic E-state index is 10.6. The van der Waals surface area contributed by atoms with Gasteiger partial charge in [-0.05, 0) is 49.4 Å². The summed E-state index contributed by atoms with van der Waals surface area (Å²) in [6.07, 6.45) is -1.42. The normalized spacial score (nSPS) is 35.9. The van der Waals surface area contributed by atoms with Crippen LogP contribution < -0.4 is 5.73 Å². The van der Waals surface area contributed by atoms with Crippen LogP contribution in [0.25, 0.3) is 0 Å². The zero-order chi connectivity index (χ0) is 20.1. The van der Waals surface area contributed by atoms with E-state index in [1.54, 1.807) is 0 Å². The van der Waals surface area contributed by atoms with Crippen LogP contribution in [0.3, 0.4) is 0 Å². The predicted octanol–water partition coefficient (Wildman–Crippen LogP) is 3.26. The molecule has 1 unspecified atom stereocenters. The summed E-state index contributed by atoms with van der Waals surface area (Å²) in [6.45, 7) is 11.4. The van der Waals surface area contributed by atoms with Gasteiger partial charge in [0.25, 0.3) is 0 Å². The fraction of sp³-hybridized carbons (Fsp3) is 0.941.